The van der Waals surface area contributed by atoms with Crippen LogP contribution in [0.5, 0.6) is 0 Å². The lowest BCUT2D eigenvalue weighted by Crippen LogP contribution is -2.28. The van der Waals surface area contributed by atoms with Crippen LogP contribution >= 0.6 is 0 Å². The lowest BCUT2D eigenvalue weighted by Gasteiger charge is -2.14. The van der Waals surface area contributed by atoms with Crippen molar-refractivity contribution in [2.24, 2.45) is 5.84 Å². The highest BCUT2D eigenvalue weighted by Crippen LogP contribution is 2.17. The molecule has 0 saturated carbocycles. The van der Waals surface area contributed by atoms with Gasteiger partial charge in [0.1, 0.15) is 0 Å². The Labute approximate surface area is 77.8 Å². The predicted octanol–water partition coefficient (Wildman–Crippen LogP) is 0.947. The summed E-state index contributed by atoms with van der Waals surface area (Å²) < 4.78 is 0. The lowest BCUT2D eigenvalue weighted by atomic mass is 10.0. The third-order valence-corrected chi connectivity index (χ3v) is 1.76. The molecule has 1 aromatic heterocycles. The van der Waals surface area contributed by atoms with Gasteiger partial charge in [0.15, 0.2) is 0 Å². The summed E-state index contributed by atoms with van der Waals surface area (Å²) >= 11 is 0. The largest absolute Gasteiger partial charge is 0.271 e. The molecule has 1 heterocycles. The van der Waals surface area contributed by atoms with Crippen LogP contribution in [0.15, 0.2) is 30.6 Å². The van der Waals surface area contributed by atoms with Gasteiger partial charge in [-0.2, -0.15) is 10.2 Å². The summed E-state index contributed by atoms with van der Waals surface area (Å²) in [5, 5.41) is 7.49. The van der Waals surface area contributed by atoms with Crippen LogP contribution in [0.4, 0.5) is 0 Å². The van der Waals surface area contributed by atoms with Crippen LogP contribution in [0.25, 0.3) is 0 Å². The fourth-order valence-corrected chi connectivity index (χ4v) is 1.13. The number of rotatable bonds is 4. The average Bonchev–Trinajstić information content (AvgIpc) is 2.15. The highest BCUT2D eigenvalue weighted by atomic mass is 15.2. The molecule has 0 aliphatic rings. The van der Waals surface area contributed by atoms with Crippen molar-refractivity contribution in [2.45, 2.75) is 19.4 Å². The topological polar surface area (TPSA) is 63.8 Å². The Morgan fingerprint density at radius 3 is 2.92 bits per heavy atom. The van der Waals surface area contributed by atoms with Gasteiger partial charge in [0, 0.05) is 6.20 Å². The van der Waals surface area contributed by atoms with Gasteiger partial charge in [0.25, 0.3) is 0 Å². The van der Waals surface area contributed by atoms with Crippen LogP contribution in [-0.4, -0.2) is 10.2 Å². The molecule has 3 N–H and O–H groups in total. The van der Waals surface area contributed by atoms with Crippen molar-refractivity contribution in [3.63, 3.8) is 0 Å². The minimum Gasteiger partial charge on any atom is -0.271 e. The molecule has 0 bridgehead atoms. The molecule has 70 valence electrons. The summed E-state index contributed by atoms with van der Waals surface area (Å²) in [5.74, 6) is 5.41. The second kappa shape index (κ2) is 4.69. The first-order chi connectivity index (χ1) is 6.24. The van der Waals surface area contributed by atoms with E-state index in [-0.39, 0.29) is 6.04 Å². The number of nitrogens with zero attached hydrogens (tertiary/aromatic N) is 2. The quantitative estimate of drug-likeness (QED) is 0.409. The monoisotopic (exact) mass is 178 g/mol. The molecule has 1 unspecified atom stereocenters. The summed E-state index contributed by atoms with van der Waals surface area (Å²) in [6.07, 6.45) is 4.16. The number of hydrogen-bond acceptors (Lipinski definition) is 4. The molecule has 0 aromatic carbocycles. The summed E-state index contributed by atoms with van der Waals surface area (Å²) in [4.78, 5) is 0. The van der Waals surface area contributed by atoms with E-state index >= 15 is 0 Å². The molecule has 13 heavy (non-hydrogen) atoms. The Bertz CT molecular complexity index is 270. The Morgan fingerprint density at radius 1 is 1.69 bits per heavy atom. The fourth-order valence-electron chi connectivity index (χ4n) is 1.13. The zero-order valence-electron chi connectivity index (χ0n) is 7.70. The fraction of sp³-hybridized carbons (Fsp3) is 0.333. The SMILES string of the molecule is C=C(C)CC(NN)c1ccnnc1. The van der Waals surface area contributed by atoms with E-state index < -0.39 is 0 Å². The Balaban J connectivity index is 2.73. The molecule has 1 atom stereocenters. The van der Waals surface area contributed by atoms with E-state index in [1.807, 2.05) is 13.0 Å². The first-order valence-electron chi connectivity index (χ1n) is 4.11. The molecular weight excluding hydrogens is 164 g/mol. The zero-order chi connectivity index (χ0) is 9.68. The number of nitrogens with two attached hydrogens (primary N) is 1. The van der Waals surface area contributed by atoms with E-state index in [1.165, 1.54) is 0 Å². The second-order valence-corrected chi connectivity index (χ2v) is 3.06. The van der Waals surface area contributed by atoms with Gasteiger partial charge in [-0.15, -0.1) is 6.58 Å². The number of nitrogens with one attached hydrogen (secondary N) is 1. The first-order valence-corrected chi connectivity index (χ1v) is 4.11. The van der Waals surface area contributed by atoms with Gasteiger partial charge in [-0.25, -0.2) is 0 Å². The smallest absolute Gasteiger partial charge is 0.0544 e. The van der Waals surface area contributed by atoms with E-state index in [4.69, 9.17) is 5.84 Å². The molecule has 1 rings (SSSR count). The van der Waals surface area contributed by atoms with Crippen LogP contribution in [0.3, 0.4) is 0 Å². The molecule has 1 aromatic rings. The number of hydrazine groups is 1. The van der Waals surface area contributed by atoms with Crippen molar-refractivity contribution in [1.29, 1.82) is 0 Å². The highest BCUT2D eigenvalue weighted by Gasteiger charge is 2.08. The molecule has 4 nitrogen and oxygen atoms in total. The predicted molar refractivity (Wildman–Crippen MR) is 51.5 cm³/mol. The molecule has 0 saturated heterocycles. The number of aromatic nitrogens is 2. The van der Waals surface area contributed by atoms with Crippen LogP contribution in [0.1, 0.15) is 24.9 Å². The van der Waals surface area contributed by atoms with Gasteiger partial charge in [0.05, 0.1) is 12.2 Å². The summed E-state index contributed by atoms with van der Waals surface area (Å²) in [7, 11) is 0. The van der Waals surface area contributed by atoms with E-state index in [1.54, 1.807) is 12.4 Å². The molecule has 0 fully saturated rings. The standard InChI is InChI=1S/C9H14N4/c1-7(2)5-9(13-10)8-3-4-11-12-6-8/h3-4,6,9,13H,1,5,10H2,2H3. The maximum Gasteiger partial charge on any atom is 0.0544 e. The molecule has 0 amide bonds. The first kappa shape index (κ1) is 9.83. The van der Waals surface area contributed by atoms with Crippen LogP contribution in [0.2, 0.25) is 0 Å². The molecule has 0 radical (unpaired) electrons. The zero-order valence-corrected chi connectivity index (χ0v) is 7.70. The van der Waals surface area contributed by atoms with Crippen LogP contribution in [0, 0.1) is 0 Å². The summed E-state index contributed by atoms with van der Waals surface area (Å²) in [5.41, 5.74) is 4.83. The number of hydrogen-bond donors (Lipinski definition) is 2. The van der Waals surface area contributed by atoms with Crippen molar-refractivity contribution in [3.8, 4) is 0 Å². The van der Waals surface area contributed by atoms with E-state index in [9.17, 15) is 0 Å². The van der Waals surface area contributed by atoms with E-state index in [0.717, 1.165) is 17.6 Å². The second-order valence-electron chi connectivity index (χ2n) is 3.06. The highest BCUT2D eigenvalue weighted by molar-refractivity contribution is 5.13. The lowest BCUT2D eigenvalue weighted by molar-refractivity contribution is 0.547. The van der Waals surface area contributed by atoms with E-state index in [0.29, 0.717) is 0 Å². The molecule has 4 heteroatoms. The van der Waals surface area contributed by atoms with Crippen molar-refractivity contribution >= 4 is 0 Å². The minimum absolute atomic E-state index is 0.0769. The van der Waals surface area contributed by atoms with Gasteiger partial charge in [0.2, 0.25) is 0 Å². The van der Waals surface area contributed by atoms with Crippen molar-refractivity contribution in [3.05, 3.63) is 36.2 Å². The average molecular weight is 178 g/mol. The molecular formula is C9H14N4. The molecule has 0 aliphatic heterocycles. The normalized spacial score (nSPS) is 12.5. The minimum atomic E-state index is 0.0769. The Morgan fingerprint density at radius 2 is 2.46 bits per heavy atom. The van der Waals surface area contributed by atoms with Gasteiger partial charge < -0.3 is 0 Å². The van der Waals surface area contributed by atoms with Crippen LogP contribution in [-0.2, 0) is 0 Å². The Kier molecular flexibility index (Phi) is 3.54. The van der Waals surface area contributed by atoms with Crippen molar-refractivity contribution in [2.75, 3.05) is 0 Å². The van der Waals surface area contributed by atoms with Gasteiger partial charge >= 0.3 is 0 Å². The summed E-state index contributed by atoms with van der Waals surface area (Å²) in [6.45, 7) is 5.81. The summed E-state index contributed by atoms with van der Waals surface area (Å²) in [6, 6.07) is 1.97. The van der Waals surface area contributed by atoms with Gasteiger partial charge in [-0.3, -0.25) is 11.3 Å². The van der Waals surface area contributed by atoms with Gasteiger partial charge in [-0.05, 0) is 25.0 Å². The van der Waals surface area contributed by atoms with Crippen molar-refractivity contribution < 1.29 is 0 Å². The third kappa shape index (κ3) is 2.93. The Hall–Kier alpha value is -1.26. The van der Waals surface area contributed by atoms with E-state index in [2.05, 4.69) is 22.2 Å². The maximum absolute atomic E-state index is 5.41. The van der Waals surface area contributed by atoms with Crippen LogP contribution < -0.4 is 11.3 Å². The molecule has 0 spiro atoms. The molecule has 0 aliphatic carbocycles. The maximum atomic E-state index is 5.41. The van der Waals surface area contributed by atoms with Crippen molar-refractivity contribution in [1.82, 2.24) is 15.6 Å². The van der Waals surface area contributed by atoms with Gasteiger partial charge in [-0.1, -0.05) is 5.57 Å². The third-order valence-electron chi connectivity index (χ3n) is 1.76.